The van der Waals surface area contributed by atoms with Crippen molar-refractivity contribution in [2.24, 2.45) is 5.92 Å². The molecule has 1 saturated carbocycles. The number of hydrogen-bond acceptors (Lipinski definition) is 2. The molecule has 2 heteroatoms. The average Bonchev–Trinajstić information content (AvgIpc) is 3.16. The SMILES string of the molecule is COC(=O)C(=C=C(C)C)C1CC1c1ccccc1. The molecule has 1 aromatic carbocycles. The van der Waals surface area contributed by atoms with Gasteiger partial charge in [0.05, 0.1) is 12.7 Å². The van der Waals surface area contributed by atoms with Crippen LogP contribution in [0.3, 0.4) is 0 Å². The predicted molar refractivity (Wildman–Crippen MR) is 71.2 cm³/mol. The largest absolute Gasteiger partial charge is 0.465 e. The number of benzene rings is 1. The molecule has 2 nitrogen and oxygen atoms in total. The van der Waals surface area contributed by atoms with E-state index < -0.39 is 0 Å². The van der Waals surface area contributed by atoms with E-state index in [0.717, 1.165) is 12.0 Å². The lowest BCUT2D eigenvalue weighted by molar-refractivity contribution is -0.136. The Morgan fingerprint density at radius 3 is 2.50 bits per heavy atom. The average molecular weight is 242 g/mol. The number of esters is 1. The van der Waals surface area contributed by atoms with E-state index in [4.69, 9.17) is 4.74 Å². The van der Waals surface area contributed by atoms with E-state index in [1.165, 1.54) is 12.7 Å². The summed E-state index contributed by atoms with van der Waals surface area (Å²) < 4.78 is 4.85. The Morgan fingerprint density at radius 1 is 1.28 bits per heavy atom. The predicted octanol–water partition coefficient (Wildman–Crippen LogP) is 3.45. The summed E-state index contributed by atoms with van der Waals surface area (Å²) >= 11 is 0. The summed E-state index contributed by atoms with van der Waals surface area (Å²) in [5, 5.41) is 0. The number of hydrogen-bond donors (Lipinski definition) is 0. The molecule has 1 fully saturated rings. The molecule has 0 radical (unpaired) electrons. The molecule has 2 rings (SSSR count). The van der Waals surface area contributed by atoms with Crippen LogP contribution >= 0.6 is 0 Å². The molecule has 0 amide bonds. The van der Waals surface area contributed by atoms with Crippen molar-refractivity contribution in [3.05, 3.63) is 52.8 Å². The summed E-state index contributed by atoms with van der Waals surface area (Å²) in [5.74, 6) is 0.446. The van der Waals surface area contributed by atoms with Crippen LogP contribution in [0.2, 0.25) is 0 Å². The molecule has 94 valence electrons. The fourth-order valence-electron chi connectivity index (χ4n) is 2.26. The highest BCUT2D eigenvalue weighted by molar-refractivity contribution is 5.89. The lowest BCUT2D eigenvalue weighted by atomic mass is 10.0. The normalized spacial score (nSPS) is 20.8. The Labute approximate surface area is 108 Å². The van der Waals surface area contributed by atoms with Gasteiger partial charge in [-0.05, 0) is 37.3 Å². The monoisotopic (exact) mass is 242 g/mol. The van der Waals surface area contributed by atoms with Crippen molar-refractivity contribution in [1.29, 1.82) is 0 Å². The molecule has 0 N–H and O–H groups in total. The molecular weight excluding hydrogens is 224 g/mol. The summed E-state index contributed by atoms with van der Waals surface area (Å²) in [7, 11) is 1.43. The van der Waals surface area contributed by atoms with Crippen LogP contribution in [0, 0.1) is 5.92 Å². The van der Waals surface area contributed by atoms with Gasteiger partial charge in [0.1, 0.15) is 0 Å². The van der Waals surface area contributed by atoms with Crippen molar-refractivity contribution in [3.63, 3.8) is 0 Å². The molecule has 0 spiro atoms. The summed E-state index contributed by atoms with van der Waals surface area (Å²) in [6.45, 7) is 3.89. The van der Waals surface area contributed by atoms with Crippen LogP contribution in [0.15, 0.2) is 47.2 Å². The molecule has 0 aliphatic heterocycles. The first kappa shape index (κ1) is 12.7. The molecule has 0 heterocycles. The zero-order valence-corrected chi connectivity index (χ0v) is 11.1. The second kappa shape index (κ2) is 5.24. The van der Waals surface area contributed by atoms with Crippen LogP contribution in [-0.4, -0.2) is 13.1 Å². The Hall–Kier alpha value is -1.79. The number of rotatable bonds is 3. The van der Waals surface area contributed by atoms with Gasteiger partial charge in [0, 0.05) is 5.92 Å². The van der Waals surface area contributed by atoms with Crippen LogP contribution in [0.25, 0.3) is 0 Å². The van der Waals surface area contributed by atoms with Gasteiger partial charge in [0.2, 0.25) is 0 Å². The lowest BCUT2D eigenvalue weighted by Gasteiger charge is -2.03. The summed E-state index contributed by atoms with van der Waals surface area (Å²) in [5.41, 5.74) is 6.14. The first-order chi connectivity index (χ1) is 8.63. The van der Waals surface area contributed by atoms with Crippen LogP contribution in [0.5, 0.6) is 0 Å². The first-order valence-electron chi connectivity index (χ1n) is 6.20. The van der Waals surface area contributed by atoms with Gasteiger partial charge < -0.3 is 4.74 Å². The molecule has 1 aliphatic rings. The van der Waals surface area contributed by atoms with E-state index in [2.05, 4.69) is 17.9 Å². The van der Waals surface area contributed by atoms with Gasteiger partial charge in [-0.3, -0.25) is 0 Å². The minimum atomic E-state index is -0.250. The van der Waals surface area contributed by atoms with E-state index in [1.54, 1.807) is 0 Å². The Balaban J connectivity index is 2.23. The Morgan fingerprint density at radius 2 is 1.94 bits per heavy atom. The zero-order chi connectivity index (χ0) is 13.1. The van der Waals surface area contributed by atoms with E-state index in [1.807, 2.05) is 32.0 Å². The number of carbonyl (C=O) groups excluding carboxylic acids is 1. The van der Waals surface area contributed by atoms with E-state index in [0.29, 0.717) is 11.5 Å². The number of ether oxygens (including phenoxy) is 1. The second-order valence-electron chi connectivity index (χ2n) is 4.89. The van der Waals surface area contributed by atoms with E-state index >= 15 is 0 Å². The number of carbonyl (C=O) groups is 1. The maximum Gasteiger partial charge on any atom is 0.341 e. The Kier molecular flexibility index (Phi) is 3.69. The van der Waals surface area contributed by atoms with E-state index in [-0.39, 0.29) is 11.9 Å². The van der Waals surface area contributed by atoms with Crippen molar-refractivity contribution >= 4 is 5.97 Å². The van der Waals surface area contributed by atoms with Gasteiger partial charge >= 0.3 is 5.97 Å². The standard InChI is InChI=1S/C16H18O2/c1-11(2)9-15(16(17)18-3)14-10-13(14)12-7-5-4-6-8-12/h4-8,13-14H,10H2,1-3H3. The zero-order valence-electron chi connectivity index (χ0n) is 11.1. The molecule has 0 saturated heterocycles. The van der Waals surface area contributed by atoms with Gasteiger partial charge in [0.15, 0.2) is 0 Å². The van der Waals surface area contributed by atoms with Crippen LogP contribution in [-0.2, 0) is 9.53 Å². The van der Waals surface area contributed by atoms with Crippen molar-refractivity contribution in [1.82, 2.24) is 0 Å². The third-order valence-electron chi connectivity index (χ3n) is 3.18. The van der Waals surface area contributed by atoms with Crippen molar-refractivity contribution in [3.8, 4) is 0 Å². The van der Waals surface area contributed by atoms with Crippen molar-refractivity contribution < 1.29 is 9.53 Å². The maximum atomic E-state index is 11.8. The smallest absolute Gasteiger partial charge is 0.341 e. The fraction of sp³-hybridized carbons (Fsp3) is 0.375. The second-order valence-corrected chi connectivity index (χ2v) is 4.89. The number of methoxy groups -OCH3 is 1. The molecule has 1 aliphatic carbocycles. The summed E-state index contributed by atoms with van der Waals surface area (Å²) in [4.78, 5) is 11.8. The lowest BCUT2D eigenvalue weighted by Crippen LogP contribution is -2.06. The van der Waals surface area contributed by atoms with Crippen LogP contribution in [0.1, 0.15) is 31.7 Å². The van der Waals surface area contributed by atoms with Crippen LogP contribution < -0.4 is 0 Å². The minimum Gasteiger partial charge on any atom is -0.465 e. The van der Waals surface area contributed by atoms with Gasteiger partial charge in [-0.25, -0.2) is 4.79 Å². The molecular formula is C16H18O2. The highest BCUT2D eigenvalue weighted by atomic mass is 16.5. The van der Waals surface area contributed by atoms with E-state index in [9.17, 15) is 4.79 Å². The minimum absolute atomic E-state index is 0.250. The summed E-state index contributed by atoms with van der Waals surface area (Å²) in [6, 6.07) is 10.3. The maximum absolute atomic E-state index is 11.8. The van der Waals surface area contributed by atoms with Gasteiger partial charge in [-0.2, -0.15) is 0 Å². The highest BCUT2D eigenvalue weighted by Gasteiger charge is 2.43. The summed E-state index contributed by atoms with van der Waals surface area (Å²) in [6.07, 6.45) is 1.01. The van der Waals surface area contributed by atoms with Crippen molar-refractivity contribution in [2.75, 3.05) is 7.11 Å². The molecule has 0 aromatic heterocycles. The molecule has 18 heavy (non-hydrogen) atoms. The van der Waals surface area contributed by atoms with Crippen LogP contribution in [0.4, 0.5) is 0 Å². The molecule has 2 unspecified atom stereocenters. The highest BCUT2D eigenvalue weighted by Crippen LogP contribution is 2.51. The quantitative estimate of drug-likeness (QED) is 0.461. The van der Waals surface area contributed by atoms with Crippen molar-refractivity contribution in [2.45, 2.75) is 26.2 Å². The van der Waals surface area contributed by atoms with Gasteiger partial charge in [0.25, 0.3) is 0 Å². The molecule has 0 bridgehead atoms. The first-order valence-corrected chi connectivity index (χ1v) is 6.20. The van der Waals surface area contributed by atoms with Gasteiger partial charge in [-0.15, -0.1) is 5.73 Å². The molecule has 1 aromatic rings. The topological polar surface area (TPSA) is 26.3 Å². The molecule has 2 atom stereocenters. The Bertz CT molecular complexity index is 503. The third-order valence-corrected chi connectivity index (χ3v) is 3.18. The third kappa shape index (κ3) is 2.72. The fourth-order valence-corrected chi connectivity index (χ4v) is 2.26. The van der Waals surface area contributed by atoms with Gasteiger partial charge in [-0.1, -0.05) is 30.3 Å².